The standard InChI is InChI=1S/C78H134NO8P/c1-6-8-10-12-14-16-18-20-22-24-26-28-30-32-34-35-36-37-38-39-40-41-42-43-45-47-49-51-53-55-57-59-61-63-65-67-69-71-78(81)87-76(75-86-88(82,83)85-73-72-79(3,4)5)74-84-77(80)70-68-66-64-62-60-58-56-54-52-50-48-46-44-33-31-29-27-25-23-21-19-17-15-13-11-9-7-2/h8-11,14-17,20-23,26-29,32-34,36-37,44,76H,6-7,12-13,18-19,24-25,30-31,35,38-43,45-75H2,1-5H3/p+1/b10-8-,11-9-,16-14-,17-15-,22-20-,23-21-,28-26-,29-27-,34-32-,37-36-,44-33-. The van der Waals surface area contributed by atoms with Gasteiger partial charge in [0.2, 0.25) is 0 Å². The second kappa shape index (κ2) is 67.5. The summed E-state index contributed by atoms with van der Waals surface area (Å²) in [7, 11) is 1.47. The van der Waals surface area contributed by atoms with Crippen molar-refractivity contribution in [3.8, 4) is 0 Å². The third-order valence-corrected chi connectivity index (χ3v) is 16.2. The maximum absolute atomic E-state index is 12.9. The van der Waals surface area contributed by atoms with Crippen molar-refractivity contribution in [3.63, 3.8) is 0 Å². The Hall–Kier alpha value is -3.85. The first-order chi connectivity index (χ1) is 43.0. The van der Waals surface area contributed by atoms with E-state index in [1.807, 2.05) is 21.1 Å². The van der Waals surface area contributed by atoms with E-state index in [0.29, 0.717) is 17.4 Å². The normalized spacial score (nSPS) is 13.9. The van der Waals surface area contributed by atoms with Crippen LogP contribution in [0.15, 0.2) is 134 Å². The number of nitrogens with zero attached hydrogens (tertiary/aromatic N) is 1. The van der Waals surface area contributed by atoms with Crippen LogP contribution in [0.5, 0.6) is 0 Å². The van der Waals surface area contributed by atoms with Gasteiger partial charge in [0.15, 0.2) is 6.10 Å². The minimum atomic E-state index is -4.40. The van der Waals surface area contributed by atoms with Crippen molar-refractivity contribution in [2.24, 2.45) is 0 Å². The van der Waals surface area contributed by atoms with Gasteiger partial charge in [-0.15, -0.1) is 0 Å². The van der Waals surface area contributed by atoms with E-state index in [4.69, 9.17) is 18.5 Å². The molecule has 0 spiro atoms. The monoisotopic (exact) mass is 1240 g/mol. The molecule has 0 saturated carbocycles. The molecule has 0 heterocycles. The molecule has 0 saturated heterocycles. The molecule has 504 valence electrons. The number of hydrogen-bond donors (Lipinski definition) is 1. The van der Waals surface area contributed by atoms with Crippen molar-refractivity contribution in [2.75, 3.05) is 47.5 Å². The van der Waals surface area contributed by atoms with Gasteiger partial charge in [0.05, 0.1) is 27.7 Å². The first-order valence-electron chi connectivity index (χ1n) is 35.9. The first kappa shape index (κ1) is 84.2. The van der Waals surface area contributed by atoms with Crippen LogP contribution >= 0.6 is 7.82 Å². The molecule has 0 aromatic carbocycles. The number of phosphoric acid groups is 1. The van der Waals surface area contributed by atoms with Gasteiger partial charge in [-0.2, -0.15) is 0 Å². The van der Waals surface area contributed by atoms with Crippen LogP contribution < -0.4 is 0 Å². The van der Waals surface area contributed by atoms with E-state index in [9.17, 15) is 19.0 Å². The summed E-state index contributed by atoms with van der Waals surface area (Å²) in [6, 6.07) is 0. The highest BCUT2D eigenvalue weighted by Crippen LogP contribution is 2.43. The van der Waals surface area contributed by atoms with Gasteiger partial charge in [0.1, 0.15) is 19.8 Å². The van der Waals surface area contributed by atoms with Crippen molar-refractivity contribution in [1.29, 1.82) is 0 Å². The Morgan fingerprint density at radius 2 is 0.614 bits per heavy atom. The zero-order valence-corrected chi connectivity index (χ0v) is 58.3. The molecule has 2 atom stereocenters. The first-order valence-corrected chi connectivity index (χ1v) is 37.4. The van der Waals surface area contributed by atoms with E-state index in [1.54, 1.807) is 0 Å². The number of hydrogen-bond acceptors (Lipinski definition) is 7. The molecule has 0 aliphatic heterocycles. The van der Waals surface area contributed by atoms with Gasteiger partial charge in [0, 0.05) is 12.8 Å². The molecule has 1 N–H and O–H groups in total. The predicted molar refractivity (Wildman–Crippen MR) is 381 cm³/mol. The minimum Gasteiger partial charge on any atom is -0.462 e. The van der Waals surface area contributed by atoms with Crippen molar-refractivity contribution in [2.45, 2.75) is 302 Å². The summed E-state index contributed by atoms with van der Waals surface area (Å²) >= 11 is 0. The van der Waals surface area contributed by atoms with Crippen LogP contribution in [0.25, 0.3) is 0 Å². The molecular weight excluding hydrogens is 1110 g/mol. The molecule has 0 aromatic rings. The molecule has 0 radical (unpaired) electrons. The van der Waals surface area contributed by atoms with E-state index in [2.05, 4.69) is 148 Å². The zero-order valence-electron chi connectivity index (χ0n) is 57.4. The topological polar surface area (TPSA) is 108 Å². The van der Waals surface area contributed by atoms with Crippen molar-refractivity contribution < 1.29 is 42.1 Å². The van der Waals surface area contributed by atoms with Crippen molar-refractivity contribution in [1.82, 2.24) is 0 Å². The number of unbranched alkanes of at least 4 members (excludes halogenated alkanes) is 29. The molecule has 2 unspecified atom stereocenters. The predicted octanol–water partition coefficient (Wildman–Crippen LogP) is 23.6. The fourth-order valence-corrected chi connectivity index (χ4v) is 10.5. The van der Waals surface area contributed by atoms with Crippen LogP contribution in [-0.2, 0) is 32.7 Å². The average molecular weight is 1250 g/mol. The number of phosphoric ester groups is 1. The smallest absolute Gasteiger partial charge is 0.462 e. The van der Waals surface area contributed by atoms with Crippen LogP contribution in [-0.4, -0.2) is 74.9 Å². The highest BCUT2D eigenvalue weighted by molar-refractivity contribution is 7.47. The number of ether oxygens (including phenoxy) is 2. The zero-order chi connectivity index (χ0) is 64.1. The quantitative estimate of drug-likeness (QED) is 0.0211. The van der Waals surface area contributed by atoms with E-state index in [0.717, 1.165) is 109 Å². The van der Waals surface area contributed by atoms with Crippen LogP contribution in [0.1, 0.15) is 296 Å². The molecule has 0 rings (SSSR count). The van der Waals surface area contributed by atoms with Gasteiger partial charge >= 0.3 is 19.8 Å². The van der Waals surface area contributed by atoms with Crippen molar-refractivity contribution >= 4 is 19.8 Å². The molecule has 88 heavy (non-hydrogen) atoms. The highest BCUT2D eigenvalue weighted by Gasteiger charge is 2.27. The lowest BCUT2D eigenvalue weighted by Crippen LogP contribution is -2.37. The lowest BCUT2D eigenvalue weighted by atomic mass is 10.0. The molecule has 9 nitrogen and oxygen atoms in total. The second-order valence-corrected chi connectivity index (χ2v) is 26.3. The maximum Gasteiger partial charge on any atom is 0.472 e. The third kappa shape index (κ3) is 71.2. The highest BCUT2D eigenvalue weighted by atomic mass is 31.2. The Bertz CT molecular complexity index is 1950. The summed E-state index contributed by atoms with van der Waals surface area (Å²) in [5.41, 5.74) is 0. The molecule has 0 amide bonds. The Morgan fingerprint density at radius 1 is 0.352 bits per heavy atom. The summed E-state index contributed by atoms with van der Waals surface area (Å²) in [5, 5.41) is 0. The van der Waals surface area contributed by atoms with Gasteiger partial charge < -0.3 is 18.9 Å². The van der Waals surface area contributed by atoms with Crippen LogP contribution in [0.2, 0.25) is 0 Å². The molecule has 0 aromatic heterocycles. The minimum absolute atomic E-state index is 0.0271. The molecule has 0 bridgehead atoms. The van der Waals surface area contributed by atoms with Gasteiger partial charge in [-0.25, -0.2) is 4.57 Å². The number of allylic oxidation sites excluding steroid dienone is 22. The van der Waals surface area contributed by atoms with E-state index >= 15 is 0 Å². The van der Waals surface area contributed by atoms with E-state index in [-0.39, 0.29) is 32.0 Å². The molecular formula is C78H135NO8P+. The summed E-state index contributed by atoms with van der Waals surface area (Å²) in [6.45, 7) is 4.22. The molecule has 10 heteroatoms. The Morgan fingerprint density at radius 3 is 0.909 bits per heavy atom. The van der Waals surface area contributed by atoms with Crippen molar-refractivity contribution in [3.05, 3.63) is 134 Å². The van der Waals surface area contributed by atoms with Crippen LogP contribution in [0.4, 0.5) is 0 Å². The Kier molecular flexibility index (Phi) is 64.6. The maximum atomic E-state index is 12.9. The van der Waals surface area contributed by atoms with Gasteiger partial charge in [0.25, 0.3) is 0 Å². The lowest BCUT2D eigenvalue weighted by molar-refractivity contribution is -0.870. The summed E-state index contributed by atoms with van der Waals surface area (Å²) in [4.78, 5) is 35.9. The number of esters is 2. The molecule has 0 aliphatic carbocycles. The fraction of sp³-hybridized carbons (Fsp3) is 0.692. The van der Waals surface area contributed by atoms with Crippen LogP contribution in [0.3, 0.4) is 0 Å². The van der Waals surface area contributed by atoms with Gasteiger partial charge in [-0.05, 0) is 109 Å². The molecule has 0 fully saturated rings. The van der Waals surface area contributed by atoms with Gasteiger partial charge in [-0.1, -0.05) is 308 Å². The number of quaternary nitrogens is 1. The Balaban J connectivity index is 4.03. The largest absolute Gasteiger partial charge is 0.472 e. The SMILES string of the molecule is CC/C=C\C/C=C\C/C=C\C/C=C\C/C=C\C/C=C\CCCCCCCCCCCCCCCCCCCCC(=O)OC(COC(=O)CCCCCCCCCCCCC/C=C\C/C=C\C/C=C\C/C=C\C/C=C\CC)COP(=O)(O)OCC[N+](C)(C)C. The number of carbonyl (C=O) groups excluding carboxylic acids is 2. The number of likely N-dealkylation sites (N-methyl/N-ethyl adjacent to an activating group) is 1. The fourth-order valence-electron chi connectivity index (χ4n) is 9.75. The van der Waals surface area contributed by atoms with E-state index < -0.39 is 26.5 Å². The summed E-state index contributed by atoms with van der Waals surface area (Å²) in [6.07, 6.45) is 98.4. The summed E-state index contributed by atoms with van der Waals surface area (Å²) in [5.74, 6) is -0.797. The van der Waals surface area contributed by atoms with E-state index in [1.165, 1.54) is 154 Å². The summed E-state index contributed by atoms with van der Waals surface area (Å²) < 4.78 is 34.7. The number of carbonyl (C=O) groups is 2. The van der Waals surface area contributed by atoms with Gasteiger partial charge in [-0.3, -0.25) is 18.6 Å². The second-order valence-electron chi connectivity index (χ2n) is 24.9. The Labute approximate surface area is 542 Å². The number of rotatable bonds is 65. The lowest BCUT2D eigenvalue weighted by Gasteiger charge is -2.24. The molecule has 0 aliphatic rings. The third-order valence-electron chi connectivity index (χ3n) is 15.2. The average Bonchev–Trinajstić information content (AvgIpc) is 3.68. The van der Waals surface area contributed by atoms with Crippen LogP contribution in [0, 0.1) is 0 Å².